The van der Waals surface area contributed by atoms with Crippen LogP contribution in [0.1, 0.15) is 85.0 Å². The molecular weight excluding hydrogens is 456 g/mol. The van der Waals surface area contributed by atoms with E-state index in [1.165, 1.54) is 6.08 Å². The fraction of sp³-hybridized carbons (Fsp3) is 0.846. The molecule has 0 saturated carbocycles. The van der Waals surface area contributed by atoms with E-state index in [0.717, 1.165) is 32.1 Å². The van der Waals surface area contributed by atoms with Crippen molar-refractivity contribution in [1.29, 1.82) is 0 Å². The van der Waals surface area contributed by atoms with Gasteiger partial charge in [0.1, 0.15) is 6.10 Å². The molecule has 1 rings (SSSR count). The second-order valence-corrected chi connectivity index (χ2v) is 10.1. The van der Waals surface area contributed by atoms with E-state index in [1.54, 1.807) is 13.8 Å². The van der Waals surface area contributed by atoms with Gasteiger partial charge in [-0.2, -0.15) is 0 Å². The number of aliphatic hydroxyl groups is 4. The summed E-state index contributed by atoms with van der Waals surface area (Å²) in [6, 6.07) is 0. The summed E-state index contributed by atoms with van der Waals surface area (Å²) in [6.45, 7) is 5.77. The Balaban J connectivity index is 2.30. The lowest BCUT2D eigenvalue weighted by atomic mass is 9.84. The molecule has 9 heteroatoms. The second kappa shape index (κ2) is 17.0. The van der Waals surface area contributed by atoms with Crippen LogP contribution in [0.3, 0.4) is 0 Å². The molecule has 0 radical (unpaired) electrons. The highest BCUT2D eigenvalue weighted by Gasteiger charge is 2.39. The van der Waals surface area contributed by atoms with Crippen molar-refractivity contribution < 1.29 is 44.6 Å². The number of carboxylic acids is 1. The van der Waals surface area contributed by atoms with Gasteiger partial charge in [-0.15, -0.1) is 0 Å². The number of carbonyl (C=O) groups is 2. The van der Waals surface area contributed by atoms with E-state index in [-0.39, 0.29) is 31.8 Å². The summed E-state index contributed by atoms with van der Waals surface area (Å²) in [7, 11) is 0. The Morgan fingerprint density at radius 2 is 1.66 bits per heavy atom. The monoisotopic (exact) mass is 502 g/mol. The first kappa shape index (κ1) is 31.5. The van der Waals surface area contributed by atoms with E-state index >= 15 is 0 Å². The minimum absolute atomic E-state index is 0.0766. The third kappa shape index (κ3) is 13.4. The van der Waals surface area contributed by atoms with Crippen molar-refractivity contribution in [1.82, 2.24) is 0 Å². The molecule has 1 saturated heterocycles. The largest absolute Gasteiger partial charge is 0.481 e. The summed E-state index contributed by atoms with van der Waals surface area (Å²) < 4.78 is 11.0. The van der Waals surface area contributed by atoms with Crippen LogP contribution in [0.2, 0.25) is 0 Å². The Bertz CT molecular complexity index is 649. The van der Waals surface area contributed by atoms with E-state index < -0.39 is 48.4 Å². The Hall–Kier alpha value is -1.52. The Kier molecular flexibility index (Phi) is 15.3. The van der Waals surface area contributed by atoms with Crippen LogP contribution in [0.15, 0.2) is 11.6 Å². The molecule has 5 N–H and O–H groups in total. The number of rotatable bonds is 17. The molecule has 0 amide bonds. The Labute approximate surface area is 209 Å². The maximum Gasteiger partial charge on any atom is 0.330 e. The molecule has 1 unspecified atom stereocenters. The molecule has 0 aromatic heterocycles. The molecule has 1 fully saturated rings. The molecule has 7 atom stereocenters. The van der Waals surface area contributed by atoms with Crippen molar-refractivity contribution >= 4 is 11.9 Å². The van der Waals surface area contributed by atoms with Crippen LogP contribution >= 0.6 is 0 Å². The summed E-state index contributed by atoms with van der Waals surface area (Å²) in [6.07, 6.45) is 3.64. The minimum Gasteiger partial charge on any atom is -0.481 e. The van der Waals surface area contributed by atoms with Crippen LogP contribution in [-0.4, -0.2) is 81.2 Å². The Morgan fingerprint density at radius 1 is 1.03 bits per heavy atom. The molecule has 1 aliphatic rings. The molecule has 204 valence electrons. The molecule has 0 bridgehead atoms. The van der Waals surface area contributed by atoms with Gasteiger partial charge in [-0.25, -0.2) is 4.79 Å². The third-order valence-corrected chi connectivity index (χ3v) is 6.70. The van der Waals surface area contributed by atoms with Gasteiger partial charge in [0.2, 0.25) is 0 Å². The van der Waals surface area contributed by atoms with Crippen LogP contribution in [0.5, 0.6) is 0 Å². The fourth-order valence-corrected chi connectivity index (χ4v) is 4.28. The average Bonchev–Trinajstić information content (AvgIpc) is 2.77. The predicted octanol–water partition coefficient (Wildman–Crippen LogP) is 2.58. The minimum atomic E-state index is -1.13. The van der Waals surface area contributed by atoms with E-state index in [2.05, 4.69) is 0 Å². The third-order valence-electron chi connectivity index (χ3n) is 6.70. The maximum atomic E-state index is 12.0. The van der Waals surface area contributed by atoms with Gasteiger partial charge in [0.05, 0.1) is 37.6 Å². The standard InChI is InChI=1S/C26H46O9/c1-17(13-24(31)34-11-9-7-5-4-6-8-10-23(29)30)12-22-26(33)25(32)20(16-35-22)15-21(28)14-18(2)19(3)27/h13,18-22,25-28,32-33H,4-12,14-16H2,1-3H3,(H,29,30)/b17-13+/t18-,19+,20+,21-,22+,25-,26?/m1/s1. The number of carbonyl (C=O) groups excluding carboxylic acids is 1. The van der Waals surface area contributed by atoms with Gasteiger partial charge in [0.15, 0.2) is 0 Å². The lowest BCUT2D eigenvalue weighted by Crippen LogP contribution is -2.50. The summed E-state index contributed by atoms with van der Waals surface area (Å²) in [4.78, 5) is 22.5. The lowest BCUT2D eigenvalue weighted by Gasteiger charge is -2.39. The summed E-state index contributed by atoms with van der Waals surface area (Å²) in [5, 5.41) is 49.5. The van der Waals surface area contributed by atoms with Crippen molar-refractivity contribution in [3.05, 3.63) is 11.6 Å². The molecule has 1 aliphatic heterocycles. The summed E-state index contributed by atoms with van der Waals surface area (Å²) in [5.41, 5.74) is 0.675. The smallest absolute Gasteiger partial charge is 0.330 e. The molecule has 0 aliphatic carbocycles. The molecule has 0 aromatic rings. The maximum absolute atomic E-state index is 12.0. The molecule has 35 heavy (non-hydrogen) atoms. The van der Waals surface area contributed by atoms with Gasteiger partial charge < -0.3 is 35.0 Å². The number of unbranched alkanes of at least 4 members (excludes halogenated alkanes) is 5. The van der Waals surface area contributed by atoms with Gasteiger partial charge >= 0.3 is 11.9 Å². The van der Waals surface area contributed by atoms with E-state index in [1.807, 2.05) is 6.92 Å². The highest BCUT2D eigenvalue weighted by molar-refractivity contribution is 5.82. The van der Waals surface area contributed by atoms with Gasteiger partial charge in [0.25, 0.3) is 0 Å². The Morgan fingerprint density at radius 3 is 2.29 bits per heavy atom. The first-order valence-electron chi connectivity index (χ1n) is 12.9. The first-order valence-corrected chi connectivity index (χ1v) is 12.9. The SMILES string of the molecule is C/C(=C\C(=O)OCCCCCCCCC(=O)O)C[C@@H]1OC[C@H](C[C@H](O)C[C@@H](C)[C@H](C)O)[C@@H](O)C1O. The predicted molar refractivity (Wildman–Crippen MR) is 131 cm³/mol. The average molecular weight is 503 g/mol. The first-order chi connectivity index (χ1) is 16.5. The van der Waals surface area contributed by atoms with Crippen molar-refractivity contribution in [2.24, 2.45) is 11.8 Å². The highest BCUT2D eigenvalue weighted by atomic mass is 16.5. The number of aliphatic carboxylic acids is 1. The number of ether oxygens (including phenoxy) is 2. The van der Waals surface area contributed by atoms with Crippen molar-refractivity contribution in [2.45, 2.75) is 115 Å². The molecule has 0 aromatic carbocycles. The van der Waals surface area contributed by atoms with Crippen molar-refractivity contribution in [3.63, 3.8) is 0 Å². The number of carboxylic acid groups (broad SMARTS) is 1. The van der Waals surface area contributed by atoms with Gasteiger partial charge in [-0.1, -0.05) is 38.2 Å². The van der Waals surface area contributed by atoms with Crippen LogP contribution in [-0.2, 0) is 19.1 Å². The zero-order valence-electron chi connectivity index (χ0n) is 21.5. The van der Waals surface area contributed by atoms with Gasteiger partial charge in [0, 0.05) is 18.4 Å². The number of aliphatic hydroxyl groups excluding tert-OH is 4. The lowest BCUT2D eigenvalue weighted by molar-refractivity contribution is -0.169. The molecule has 0 spiro atoms. The van der Waals surface area contributed by atoms with E-state index in [0.29, 0.717) is 25.0 Å². The van der Waals surface area contributed by atoms with Gasteiger partial charge in [-0.05, 0) is 51.9 Å². The zero-order valence-corrected chi connectivity index (χ0v) is 21.5. The molecular formula is C26H46O9. The number of hydrogen-bond acceptors (Lipinski definition) is 8. The fourth-order valence-electron chi connectivity index (χ4n) is 4.28. The van der Waals surface area contributed by atoms with Crippen LogP contribution < -0.4 is 0 Å². The number of esters is 1. The second-order valence-electron chi connectivity index (χ2n) is 10.1. The molecule has 1 heterocycles. The summed E-state index contributed by atoms with van der Waals surface area (Å²) >= 11 is 0. The van der Waals surface area contributed by atoms with E-state index in [9.17, 15) is 30.0 Å². The quantitative estimate of drug-likeness (QED) is 0.115. The zero-order chi connectivity index (χ0) is 26.4. The molecule has 9 nitrogen and oxygen atoms in total. The van der Waals surface area contributed by atoms with Crippen LogP contribution in [0.4, 0.5) is 0 Å². The van der Waals surface area contributed by atoms with E-state index in [4.69, 9.17) is 14.6 Å². The normalized spacial score (nSPS) is 25.6. The van der Waals surface area contributed by atoms with Crippen LogP contribution in [0, 0.1) is 11.8 Å². The summed E-state index contributed by atoms with van der Waals surface area (Å²) in [5.74, 6) is -1.71. The van der Waals surface area contributed by atoms with Gasteiger partial charge in [-0.3, -0.25) is 4.79 Å². The van der Waals surface area contributed by atoms with Crippen LogP contribution in [0.25, 0.3) is 0 Å². The number of hydrogen-bond donors (Lipinski definition) is 5. The topological polar surface area (TPSA) is 154 Å². The van der Waals surface area contributed by atoms with Crippen molar-refractivity contribution in [3.8, 4) is 0 Å². The highest BCUT2D eigenvalue weighted by Crippen LogP contribution is 2.29. The van der Waals surface area contributed by atoms with Crippen molar-refractivity contribution in [2.75, 3.05) is 13.2 Å².